The van der Waals surface area contributed by atoms with Crippen molar-refractivity contribution in [1.82, 2.24) is 4.98 Å². The average molecular weight is 319 g/mol. The predicted molar refractivity (Wildman–Crippen MR) is 81.1 cm³/mol. The first-order valence-electron chi connectivity index (χ1n) is 6.35. The Balaban J connectivity index is 2.16. The number of benzene rings is 1. The van der Waals surface area contributed by atoms with E-state index in [1.54, 1.807) is 24.3 Å². The summed E-state index contributed by atoms with van der Waals surface area (Å²) < 4.78 is 31.1. The van der Waals surface area contributed by atoms with Gasteiger partial charge in [-0.25, -0.2) is 0 Å². The number of amides is 1. The van der Waals surface area contributed by atoms with Crippen molar-refractivity contribution < 1.29 is 17.6 Å². The Bertz CT molecular complexity index is 942. The third kappa shape index (κ3) is 2.13. The van der Waals surface area contributed by atoms with Crippen LogP contribution in [0.1, 0.15) is 10.5 Å². The SMILES string of the molecule is CN(c1cccc2cc(C(N)=O)[nH]c12)S(=O)(=O)c1ccco1. The van der Waals surface area contributed by atoms with Crippen LogP contribution in [0.5, 0.6) is 0 Å². The fraction of sp³-hybridized carbons (Fsp3) is 0.0714. The number of sulfonamides is 1. The lowest BCUT2D eigenvalue weighted by molar-refractivity contribution is 0.0996. The molecule has 114 valence electrons. The van der Waals surface area contributed by atoms with Crippen LogP contribution in [0.3, 0.4) is 0 Å². The molecule has 1 amide bonds. The minimum Gasteiger partial charge on any atom is -0.451 e. The van der Waals surface area contributed by atoms with E-state index in [1.165, 1.54) is 25.4 Å². The number of carbonyl (C=O) groups excluding carboxylic acids is 1. The summed E-state index contributed by atoms with van der Waals surface area (Å²) in [5.41, 5.74) is 6.36. The first-order valence-corrected chi connectivity index (χ1v) is 7.79. The molecule has 0 radical (unpaired) electrons. The number of furan rings is 1. The summed E-state index contributed by atoms with van der Waals surface area (Å²) in [7, 11) is -2.41. The predicted octanol–water partition coefficient (Wildman–Crippen LogP) is 1.68. The third-order valence-electron chi connectivity index (χ3n) is 3.35. The van der Waals surface area contributed by atoms with Crippen molar-refractivity contribution in [3.63, 3.8) is 0 Å². The Morgan fingerprint density at radius 1 is 1.27 bits per heavy atom. The molecular weight excluding hydrogens is 306 g/mol. The molecule has 0 atom stereocenters. The number of anilines is 1. The highest BCUT2D eigenvalue weighted by Gasteiger charge is 2.25. The zero-order valence-electron chi connectivity index (χ0n) is 11.6. The minimum atomic E-state index is -3.82. The van der Waals surface area contributed by atoms with Gasteiger partial charge in [0.2, 0.25) is 5.09 Å². The summed E-state index contributed by atoms with van der Waals surface area (Å²) in [4.78, 5) is 14.1. The van der Waals surface area contributed by atoms with Gasteiger partial charge in [-0.15, -0.1) is 0 Å². The van der Waals surface area contributed by atoms with Crippen molar-refractivity contribution in [2.24, 2.45) is 5.73 Å². The molecule has 0 bridgehead atoms. The molecule has 3 aromatic rings. The van der Waals surface area contributed by atoms with Crippen LogP contribution in [0.15, 0.2) is 52.2 Å². The molecule has 2 aromatic heterocycles. The number of aromatic nitrogens is 1. The van der Waals surface area contributed by atoms with Crippen LogP contribution in [0.4, 0.5) is 5.69 Å². The monoisotopic (exact) mass is 319 g/mol. The van der Waals surface area contributed by atoms with Crippen LogP contribution < -0.4 is 10.0 Å². The van der Waals surface area contributed by atoms with Crippen molar-refractivity contribution in [3.8, 4) is 0 Å². The molecule has 8 heteroatoms. The zero-order chi connectivity index (χ0) is 15.9. The van der Waals surface area contributed by atoms with E-state index < -0.39 is 15.9 Å². The van der Waals surface area contributed by atoms with Crippen molar-refractivity contribution in [2.75, 3.05) is 11.4 Å². The maximum absolute atomic E-state index is 12.5. The summed E-state index contributed by atoms with van der Waals surface area (Å²) in [5.74, 6) is -0.612. The molecule has 1 aromatic carbocycles. The van der Waals surface area contributed by atoms with Gasteiger partial charge in [0.15, 0.2) is 0 Å². The van der Waals surface area contributed by atoms with Crippen LogP contribution >= 0.6 is 0 Å². The lowest BCUT2D eigenvalue weighted by Gasteiger charge is -2.18. The topological polar surface area (TPSA) is 109 Å². The number of hydrogen-bond donors (Lipinski definition) is 2. The number of carbonyl (C=O) groups is 1. The summed E-state index contributed by atoms with van der Waals surface area (Å²) in [6.07, 6.45) is 1.29. The van der Waals surface area contributed by atoms with E-state index in [9.17, 15) is 13.2 Å². The van der Waals surface area contributed by atoms with Gasteiger partial charge >= 0.3 is 0 Å². The minimum absolute atomic E-state index is 0.159. The molecule has 0 spiro atoms. The van der Waals surface area contributed by atoms with E-state index in [2.05, 4.69) is 4.98 Å². The van der Waals surface area contributed by atoms with Crippen molar-refractivity contribution in [3.05, 3.63) is 48.4 Å². The molecule has 7 nitrogen and oxygen atoms in total. The second-order valence-corrected chi connectivity index (χ2v) is 6.59. The van der Waals surface area contributed by atoms with Crippen molar-refractivity contribution in [2.45, 2.75) is 5.09 Å². The van der Waals surface area contributed by atoms with E-state index in [0.717, 1.165) is 4.31 Å². The van der Waals surface area contributed by atoms with Gasteiger partial charge in [0.1, 0.15) is 5.69 Å². The largest absolute Gasteiger partial charge is 0.451 e. The molecular formula is C14H13N3O4S. The number of aromatic amines is 1. The molecule has 3 N–H and O–H groups in total. The average Bonchev–Trinajstić information content (AvgIpc) is 3.14. The Labute approximate surface area is 126 Å². The lowest BCUT2D eigenvalue weighted by Crippen LogP contribution is -2.26. The maximum Gasteiger partial charge on any atom is 0.297 e. The molecule has 0 aliphatic rings. The fourth-order valence-corrected chi connectivity index (χ4v) is 3.32. The Hall–Kier alpha value is -2.74. The number of nitrogens with zero attached hydrogens (tertiary/aromatic N) is 1. The fourth-order valence-electron chi connectivity index (χ4n) is 2.21. The van der Waals surface area contributed by atoms with Crippen LogP contribution in [-0.4, -0.2) is 26.4 Å². The molecule has 0 aliphatic carbocycles. The number of nitrogens with two attached hydrogens (primary N) is 1. The number of para-hydroxylation sites is 1. The number of fused-ring (bicyclic) bond motifs is 1. The summed E-state index contributed by atoms with van der Waals surface area (Å²) in [6.45, 7) is 0. The highest BCUT2D eigenvalue weighted by molar-refractivity contribution is 7.92. The van der Waals surface area contributed by atoms with Gasteiger partial charge in [-0.2, -0.15) is 8.42 Å². The first-order chi connectivity index (χ1) is 10.4. The second kappa shape index (κ2) is 4.92. The van der Waals surface area contributed by atoms with Crippen LogP contribution in [0.25, 0.3) is 10.9 Å². The lowest BCUT2D eigenvalue weighted by atomic mass is 10.2. The third-order valence-corrected chi connectivity index (χ3v) is 5.01. The first kappa shape index (κ1) is 14.2. The molecule has 0 fully saturated rings. The zero-order valence-corrected chi connectivity index (χ0v) is 12.4. The van der Waals surface area contributed by atoms with E-state index >= 15 is 0 Å². The van der Waals surface area contributed by atoms with Crippen LogP contribution in [-0.2, 0) is 10.0 Å². The maximum atomic E-state index is 12.5. The quantitative estimate of drug-likeness (QED) is 0.762. The number of hydrogen-bond acceptors (Lipinski definition) is 4. The summed E-state index contributed by atoms with van der Waals surface area (Å²) in [5, 5.41) is 0.529. The van der Waals surface area contributed by atoms with Gasteiger partial charge in [0.25, 0.3) is 15.9 Å². The highest BCUT2D eigenvalue weighted by Crippen LogP contribution is 2.30. The molecule has 22 heavy (non-hydrogen) atoms. The van der Waals surface area contributed by atoms with E-state index in [4.69, 9.17) is 10.2 Å². The van der Waals surface area contributed by atoms with Crippen LogP contribution in [0, 0.1) is 0 Å². The second-order valence-electron chi connectivity index (χ2n) is 4.69. The van der Waals surface area contributed by atoms with Gasteiger partial charge in [0, 0.05) is 12.4 Å². The standard InChI is InChI=1S/C14H13N3O4S/c1-17(22(19,20)12-6-3-7-21-12)11-5-2-4-9-8-10(14(15)18)16-13(9)11/h2-8,16H,1H3,(H2,15,18). The molecule has 0 saturated heterocycles. The molecule has 0 unspecified atom stereocenters. The van der Waals surface area contributed by atoms with Crippen molar-refractivity contribution in [1.29, 1.82) is 0 Å². The smallest absolute Gasteiger partial charge is 0.297 e. The molecule has 0 aliphatic heterocycles. The Morgan fingerprint density at radius 3 is 2.68 bits per heavy atom. The van der Waals surface area contributed by atoms with Gasteiger partial charge in [-0.05, 0) is 24.3 Å². The van der Waals surface area contributed by atoms with Crippen LogP contribution in [0.2, 0.25) is 0 Å². The van der Waals surface area contributed by atoms with Gasteiger partial charge in [-0.1, -0.05) is 12.1 Å². The summed E-state index contributed by atoms with van der Waals surface area (Å²) >= 11 is 0. The normalized spacial score (nSPS) is 11.7. The van der Waals surface area contributed by atoms with E-state index in [1.807, 2.05) is 0 Å². The molecule has 3 rings (SSSR count). The Morgan fingerprint density at radius 2 is 2.05 bits per heavy atom. The summed E-state index contributed by atoms with van der Waals surface area (Å²) in [6, 6.07) is 9.54. The number of nitrogens with one attached hydrogen (secondary N) is 1. The highest BCUT2D eigenvalue weighted by atomic mass is 32.2. The number of H-pyrrole nitrogens is 1. The molecule has 0 saturated carbocycles. The van der Waals surface area contributed by atoms with E-state index in [0.29, 0.717) is 16.6 Å². The Kier molecular flexibility index (Phi) is 3.18. The number of primary amides is 1. The van der Waals surface area contributed by atoms with Gasteiger partial charge in [0.05, 0.1) is 17.5 Å². The van der Waals surface area contributed by atoms with Crippen molar-refractivity contribution >= 4 is 32.5 Å². The van der Waals surface area contributed by atoms with Gasteiger partial charge < -0.3 is 15.1 Å². The number of rotatable bonds is 4. The van der Waals surface area contributed by atoms with Gasteiger partial charge in [-0.3, -0.25) is 9.10 Å². The van der Waals surface area contributed by atoms with E-state index in [-0.39, 0.29) is 10.8 Å². The molecule has 2 heterocycles.